The van der Waals surface area contributed by atoms with E-state index in [-0.39, 0.29) is 5.59 Å². The van der Waals surface area contributed by atoms with Gasteiger partial charge in [-0.25, -0.2) is 19.5 Å². The zero-order valence-electron chi connectivity index (χ0n) is 17.9. The Bertz CT molecular complexity index is 1640. The molecule has 0 amide bonds. The number of nitrogens with zero attached hydrogens (tertiary/aromatic N) is 7. The summed E-state index contributed by atoms with van der Waals surface area (Å²) in [6.07, 6.45) is 7.31. The summed E-state index contributed by atoms with van der Waals surface area (Å²) >= 11 is 0. The molecule has 0 aliphatic carbocycles. The number of pyridine rings is 3. The fraction of sp³-hybridized carbons (Fsp3) is 0. The zero-order chi connectivity index (χ0) is 24.4. The van der Waals surface area contributed by atoms with Gasteiger partial charge in [-0.15, -0.1) is 5.10 Å². The summed E-state index contributed by atoms with van der Waals surface area (Å²) < 4.78 is 29.4. The number of halogens is 2. The minimum absolute atomic E-state index is 0.0833. The lowest BCUT2D eigenvalue weighted by Crippen LogP contribution is -2.32. The number of hydrogen-bond acceptors (Lipinski definition) is 7. The second-order valence-corrected chi connectivity index (χ2v) is 7.32. The van der Waals surface area contributed by atoms with E-state index in [1.807, 2.05) is 41.2 Å². The monoisotopic (exact) mass is 471 g/mol. The Hall–Kier alpha value is -4.55. The first-order chi connectivity index (χ1) is 17.0. The van der Waals surface area contributed by atoms with Crippen molar-refractivity contribution < 1.29 is 18.8 Å². The van der Waals surface area contributed by atoms with Gasteiger partial charge in [-0.3, -0.25) is 9.55 Å². The van der Waals surface area contributed by atoms with Crippen LogP contribution in [0.3, 0.4) is 0 Å². The van der Waals surface area contributed by atoms with Crippen LogP contribution in [0.25, 0.3) is 33.8 Å². The minimum Gasteiger partial charge on any atom is -0.422 e. The predicted octanol–water partition coefficient (Wildman–Crippen LogP) is 2.17. The van der Waals surface area contributed by atoms with Crippen LogP contribution in [0.5, 0.6) is 0 Å². The van der Waals surface area contributed by atoms with E-state index < -0.39 is 19.0 Å². The molecule has 6 rings (SSSR count). The molecule has 0 saturated heterocycles. The van der Waals surface area contributed by atoms with Gasteiger partial charge < -0.3 is 10.0 Å². The molecule has 0 atom stereocenters. The van der Waals surface area contributed by atoms with E-state index in [4.69, 9.17) is 10.0 Å². The SMILES string of the molecule is Fc1cccc(-c2nc(-n3ccc4cnccc43)c3cccn3n2)n1.OB(O)c1cccc(F)n1. The molecule has 0 bridgehead atoms. The molecule has 0 unspecified atom stereocenters. The third-order valence-electron chi connectivity index (χ3n) is 5.04. The molecule has 0 aliphatic rings. The van der Waals surface area contributed by atoms with Crippen molar-refractivity contribution in [3.8, 4) is 17.3 Å². The quantitative estimate of drug-likeness (QED) is 0.301. The second kappa shape index (κ2) is 9.37. The van der Waals surface area contributed by atoms with E-state index in [1.54, 1.807) is 29.0 Å². The maximum absolute atomic E-state index is 13.5. The molecule has 12 heteroatoms. The lowest BCUT2D eigenvalue weighted by molar-refractivity contribution is 0.423. The Morgan fingerprint density at radius 1 is 0.771 bits per heavy atom. The lowest BCUT2D eigenvalue weighted by Gasteiger charge is -2.09. The first-order valence-electron chi connectivity index (χ1n) is 10.4. The van der Waals surface area contributed by atoms with Crippen molar-refractivity contribution in [1.82, 2.24) is 34.1 Å². The highest BCUT2D eigenvalue weighted by Crippen LogP contribution is 2.23. The van der Waals surface area contributed by atoms with E-state index in [0.29, 0.717) is 17.3 Å². The molecule has 35 heavy (non-hydrogen) atoms. The van der Waals surface area contributed by atoms with Crippen LogP contribution >= 0.6 is 0 Å². The van der Waals surface area contributed by atoms with E-state index in [1.165, 1.54) is 18.2 Å². The average molecular weight is 471 g/mol. The van der Waals surface area contributed by atoms with Crippen molar-refractivity contribution in [2.75, 3.05) is 0 Å². The van der Waals surface area contributed by atoms with E-state index in [2.05, 4.69) is 25.0 Å². The predicted molar refractivity (Wildman–Crippen MR) is 125 cm³/mol. The normalized spacial score (nSPS) is 10.9. The molecule has 9 nitrogen and oxygen atoms in total. The molecule has 0 spiro atoms. The van der Waals surface area contributed by atoms with Crippen LogP contribution in [0.15, 0.2) is 85.5 Å². The fourth-order valence-electron chi connectivity index (χ4n) is 3.47. The number of aromatic nitrogens is 7. The van der Waals surface area contributed by atoms with Gasteiger partial charge in [-0.1, -0.05) is 12.1 Å². The van der Waals surface area contributed by atoms with Gasteiger partial charge in [0.05, 0.1) is 11.1 Å². The Kier molecular flexibility index (Phi) is 5.96. The van der Waals surface area contributed by atoms with Crippen molar-refractivity contribution in [3.05, 3.63) is 97.3 Å². The molecule has 172 valence electrons. The van der Waals surface area contributed by atoms with Crippen LogP contribution in [0.2, 0.25) is 0 Å². The highest BCUT2D eigenvalue weighted by molar-refractivity contribution is 6.57. The Morgan fingerprint density at radius 3 is 2.31 bits per heavy atom. The summed E-state index contributed by atoms with van der Waals surface area (Å²) in [6.45, 7) is 0. The maximum Gasteiger partial charge on any atom is 0.508 e. The molecule has 2 N–H and O–H groups in total. The zero-order valence-corrected chi connectivity index (χ0v) is 17.9. The largest absolute Gasteiger partial charge is 0.508 e. The third-order valence-corrected chi connectivity index (χ3v) is 5.04. The van der Waals surface area contributed by atoms with Gasteiger partial charge in [0.2, 0.25) is 17.7 Å². The third kappa shape index (κ3) is 4.60. The van der Waals surface area contributed by atoms with E-state index >= 15 is 0 Å². The summed E-state index contributed by atoms with van der Waals surface area (Å²) in [5.74, 6) is -0.227. The second-order valence-electron chi connectivity index (χ2n) is 7.32. The van der Waals surface area contributed by atoms with Crippen molar-refractivity contribution in [2.24, 2.45) is 0 Å². The summed E-state index contributed by atoms with van der Waals surface area (Å²) in [5, 5.41) is 22.4. The minimum atomic E-state index is -1.70. The van der Waals surface area contributed by atoms with Gasteiger partial charge in [0.15, 0.2) is 5.82 Å². The molecule has 0 aromatic carbocycles. The van der Waals surface area contributed by atoms with Gasteiger partial charge >= 0.3 is 7.12 Å². The topological polar surface area (TPSA) is 114 Å². The summed E-state index contributed by atoms with van der Waals surface area (Å²) in [4.78, 5) is 15.9. The van der Waals surface area contributed by atoms with Crippen molar-refractivity contribution in [1.29, 1.82) is 0 Å². The van der Waals surface area contributed by atoms with Gasteiger partial charge in [0.25, 0.3) is 0 Å². The van der Waals surface area contributed by atoms with E-state index in [0.717, 1.165) is 22.5 Å². The van der Waals surface area contributed by atoms with Crippen LogP contribution < -0.4 is 5.59 Å². The highest BCUT2D eigenvalue weighted by atomic mass is 19.1. The number of rotatable bonds is 3. The summed E-state index contributed by atoms with van der Waals surface area (Å²) in [7, 11) is -1.70. The van der Waals surface area contributed by atoms with Crippen molar-refractivity contribution >= 4 is 29.1 Å². The molecule has 0 aliphatic heterocycles. The van der Waals surface area contributed by atoms with Gasteiger partial charge in [-0.2, -0.15) is 8.78 Å². The van der Waals surface area contributed by atoms with Gasteiger partial charge in [0, 0.05) is 30.2 Å². The van der Waals surface area contributed by atoms with Crippen LogP contribution in [0, 0.1) is 11.9 Å². The maximum atomic E-state index is 13.5. The highest BCUT2D eigenvalue weighted by Gasteiger charge is 2.14. The van der Waals surface area contributed by atoms with Crippen LogP contribution in [0.4, 0.5) is 8.78 Å². The van der Waals surface area contributed by atoms with E-state index in [9.17, 15) is 8.78 Å². The van der Waals surface area contributed by atoms with Gasteiger partial charge in [0.1, 0.15) is 11.2 Å². The lowest BCUT2D eigenvalue weighted by atomic mass is 9.86. The first kappa shape index (κ1) is 22.3. The van der Waals surface area contributed by atoms with Crippen LogP contribution in [0.1, 0.15) is 0 Å². The molecule has 6 heterocycles. The summed E-state index contributed by atoms with van der Waals surface area (Å²) in [6, 6.07) is 16.1. The first-order valence-corrected chi connectivity index (χ1v) is 10.4. The Morgan fingerprint density at radius 2 is 1.57 bits per heavy atom. The molecular weight excluding hydrogens is 455 g/mol. The Balaban J connectivity index is 0.000000214. The molecule has 6 aromatic heterocycles. The van der Waals surface area contributed by atoms with Crippen LogP contribution in [-0.2, 0) is 0 Å². The summed E-state index contributed by atoms with van der Waals surface area (Å²) in [5.41, 5.74) is 2.12. The molecule has 0 fully saturated rings. The van der Waals surface area contributed by atoms with Gasteiger partial charge in [-0.05, 0) is 48.5 Å². The van der Waals surface area contributed by atoms with Crippen LogP contribution in [-0.4, -0.2) is 51.3 Å². The standard InChI is InChI=1S/C18H11FN6.C5H5BFNO2/c19-16-5-1-3-13(21-16)17-22-18(15-4-2-9-25(15)23-17)24-10-7-12-11-20-8-6-14(12)24;7-5-3-1-2-4(8-5)6(9)10/h1-11H;1-3,9-10H. The smallest absolute Gasteiger partial charge is 0.422 e. The molecule has 6 aromatic rings. The molecule has 0 radical (unpaired) electrons. The fourth-order valence-corrected chi connectivity index (χ4v) is 3.47. The van der Waals surface area contributed by atoms with Crippen molar-refractivity contribution in [3.63, 3.8) is 0 Å². The average Bonchev–Trinajstić information content (AvgIpc) is 3.51. The molecule has 0 saturated carbocycles. The van der Waals surface area contributed by atoms with Crippen molar-refractivity contribution in [2.45, 2.75) is 0 Å². The number of fused-ring (bicyclic) bond motifs is 2. The Labute approximate surface area is 197 Å². The molecular formula is C23H16BF2N7O2. The number of hydrogen-bond donors (Lipinski definition) is 2.